The number of aliphatic hydroxyl groups excluding tert-OH is 1. The molecule has 4 aromatic rings. The fourth-order valence-electron chi connectivity index (χ4n) is 4.41. The van der Waals surface area contributed by atoms with Gasteiger partial charge >= 0.3 is 5.97 Å². The van der Waals surface area contributed by atoms with E-state index < -0.39 is 52.2 Å². The number of anilines is 1. The lowest BCUT2D eigenvalue weighted by molar-refractivity contribution is 0.0524. The third kappa shape index (κ3) is 5.50. The van der Waals surface area contributed by atoms with Crippen LogP contribution in [0.2, 0.25) is 0 Å². The minimum Gasteiger partial charge on any atom is -0.497 e. The Morgan fingerprint density at radius 3 is 2.37 bits per heavy atom. The first-order chi connectivity index (χ1) is 19.7. The Balaban J connectivity index is 1.95. The van der Waals surface area contributed by atoms with Crippen LogP contribution in [0.5, 0.6) is 17.2 Å². The van der Waals surface area contributed by atoms with Gasteiger partial charge < -0.3 is 33.9 Å². The molecule has 3 aromatic carbocycles. The zero-order valence-corrected chi connectivity index (χ0v) is 22.6. The van der Waals surface area contributed by atoms with E-state index in [1.165, 1.54) is 27.2 Å². The average molecular weight is 573 g/mol. The second-order valence-corrected chi connectivity index (χ2v) is 8.71. The number of nitrogens with zero attached hydrogens (tertiary/aromatic N) is 1. The Kier molecular flexibility index (Phi) is 8.72. The van der Waals surface area contributed by atoms with Crippen molar-refractivity contribution in [1.82, 2.24) is 4.57 Å². The van der Waals surface area contributed by atoms with Crippen LogP contribution in [0.4, 0.5) is 18.9 Å². The third-order valence-electron chi connectivity index (χ3n) is 6.40. The van der Waals surface area contributed by atoms with Crippen LogP contribution in [0.15, 0.2) is 47.4 Å². The number of halogens is 3. The van der Waals surface area contributed by atoms with Gasteiger partial charge in [-0.3, -0.25) is 4.79 Å². The Morgan fingerprint density at radius 1 is 0.976 bits per heavy atom. The summed E-state index contributed by atoms with van der Waals surface area (Å²) in [7, 11) is 4.07. The van der Waals surface area contributed by atoms with E-state index >= 15 is 4.39 Å². The fraction of sp³-hybridized carbons (Fsp3) is 0.241. The van der Waals surface area contributed by atoms with Crippen LogP contribution in [0.1, 0.15) is 28.4 Å². The van der Waals surface area contributed by atoms with E-state index in [0.29, 0.717) is 23.1 Å². The average Bonchev–Trinajstić information content (AvgIpc) is 2.97. The minimum atomic E-state index is -1.38. The second kappa shape index (κ2) is 12.2. The number of ether oxygens (including phenoxy) is 4. The molecule has 4 rings (SSSR count). The molecule has 0 amide bonds. The van der Waals surface area contributed by atoms with Crippen LogP contribution >= 0.6 is 0 Å². The molecule has 0 aliphatic heterocycles. The first-order valence-electron chi connectivity index (χ1n) is 12.4. The SMILES string of the molecule is CCOC(=O)c1cn(-c2cc(NCc3ccc(OC)cc3OC)c(F)cc2CO)c2c(OC)c(F)c(F)cc2c1=O. The quantitative estimate of drug-likeness (QED) is 0.263. The number of hydrogen-bond acceptors (Lipinski definition) is 8. The Bertz CT molecular complexity index is 1690. The Morgan fingerprint density at radius 2 is 1.73 bits per heavy atom. The molecule has 1 aromatic heterocycles. The Labute approximate surface area is 232 Å². The standard InChI is InChI=1S/C29H27F3N2O7/c1-5-41-29(37)19-13-34(26-18(27(19)36)10-21(31)25(32)28(26)40-4)23-11-22(20(30)8-16(23)14-35)33-12-15-6-7-17(38-2)9-24(15)39-3/h6-11,13,33,35H,5,12,14H2,1-4H3. The summed E-state index contributed by atoms with van der Waals surface area (Å²) in [5.74, 6) is -4.08. The van der Waals surface area contributed by atoms with Crippen molar-refractivity contribution in [1.29, 1.82) is 0 Å². The summed E-state index contributed by atoms with van der Waals surface area (Å²) in [6.45, 7) is 0.908. The maximum atomic E-state index is 15.2. The number of methoxy groups -OCH3 is 3. The predicted octanol–water partition coefficient (Wildman–Crippen LogP) is 4.71. The van der Waals surface area contributed by atoms with Crippen LogP contribution in [0, 0.1) is 17.5 Å². The van der Waals surface area contributed by atoms with Gasteiger partial charge in [-0.2, -0.15) is 4.39 Å². The molecule has 0 radical (unpaired) electrons. The smallest absolute Gasteiger partial charge is 0.343 e. The van der Waals surface area contributed by atoms with E-state index in [4.69, 9.17) is 18.9 Å². The number of fused-ring (bicyclic) bond motifs is 1. The number of hydrogen-bond donors (Lipinski definition) is 2. The first-order valence-corrected chi connectivity index (χ1v) is 12.4. The highest BCUT2D eigenvalue weighted by molar-refractivity contribution is 5.96. The number of nitrogens with one attached hydrogen (secondary N) is 1. The number of aromatic nitrogens is 1. The molecule has 0 unspecified atom stereocenters. The molecule has 0 fully saturated rings. The van der Waals surface area contributed by atoms with Gasteiger partial charge in [0.05, 0.1) is 51.3 Å². The van der Waals surface area contributed by atoms with Crippen LogP contribution in [0.25, 0.3) is 16.6 Å². The van der Waals surface area contributed by atoms with Crippen molar-refractivity contribution in [3.05, 3.63) is 87.0 Å². The first kappa shape index (κ1) is 29.3. The van der Waals surface area contributed by atoms with Crippen LogP contribution in [-0.4, -0.2) is 43.6 Å². The van der Waals surface area contributed by atoms with E-state index in [9.17, 15) is 23.5 Å². The molecule has 0 saturated heterocycles. The van der Waals surface area contributed by atoms with E-state index in [2.05, 4.69) is 5.32 Å². The molecule has 12 heteroatoms. The van der Waals surface area contributed by atoms with Crippen molar-refractivity contribution in [3.8, 4) is 22.9 Å². The molecular weight excluding hydrogens is 545 g/mol. The fourth-order valence-corrected chi connectivity index (χ4v) is 4.41. The lowest BCUT2D eigenvalue weighted by atomic mass is 10.1. The van der Waals surface area contributed by atoms with E-state index in [1.54, 1.807) is 18.2 Å². The zero-order chi connectivity index (χ0) is 29.8. The topological polar surface area (TPSA) is 108 Å². The maximum Gasteiger partial charge on any atom is 0.343 e. The summed E-state index contributed by atoms with van der Waals surface area (Å²) in [6, 6.07) is 8.09. The van der Waals surface area contributed by atoms with Crippen molar-refractivity contribution in [2.24, 2.45) is 0 Å². The van der Waals surface area contributed by atoms with Crippen molar-refractivity contribution in [2.45, 2.75) is 20.1 Å². The van der Waals surface area contributed by atoms with Crippen molar-refractivity contribution < 1.29 is 42.0 Å². The Hall–Kier alpha value is -4.71. The summed E-state index contributed by atoms with van der Waals surface area (Å²) in [6.07, 6.45) is 1.06. The number of aliphatic hydroxyl groups is 1. The highest BCUT2D eigenvalue weighted by Gasteiger charge is 2.25. The monoisotopic (exact) mass is 572 g/mol. The van der Waals surface area contributed by atoms with Gasteiger partial charge in [-0.05, 0) is 37.3 Å². The molecule has 41 heavy (non-hydrogen) atoms. The second-order valence-electron chi connectivity index (χ2n) is 8.71. The number of pyridine rings is 1. The van der Waals surface area contributed by atoms with Gasteiger partial charge in [0.15, 0.2) is 11.6 Å². The molecule has 1 heterocycles. The molecule has 9 nitrogen and oxygen atoms in total. The van der Waals surface area contributed by atoms with Gasteiger partial charge in [0.1, 0.15) is 28.4 Å². The molecule has 0 spiro atoms. The molecule has 0 aliphatic rings. The highest BCUT2D eigenvalue weighted by atomic mass is 19.2. The number of esters is 1. The van der Waals surface area contributed by atoms with Gasteiger partial charge in [0, 0.05) is 29.9 Å². The van der Waals surface area contributed by atoms with E-state index in [0.717, 1.165) is 23.9 Å². The molecule has 0 bridgehead atoms. The largest absolute Gasteiger partial charge is 0.497 e. The minimum absolute atomic E-state index is 0.0154. The lowest BCUT2D eigenvalue weighted by Crippen LogP contribution is -2.22. The molecule has 216 valence electrons. The predicted molar refractivity (Wildman–Crippen MR) is 145 cm³/mol. The summed E-state index contributed by atoms with van der Waals surface area (Å²) < 4.78 is 66.4. The van der Waals surface area contributed by atoms with Crippen LogP contribution in [-0.2, 0) is 17.9 Å². The lowest BCUT2D eigenvalue weighted by Gasteiger charge is -2.20. The number of carbonyl (C=O) groups is 1. The summed E-state index contributed by atoms with van der Waals surface area (Å²) in [4.78, 5) is 25.9. The zero-order valence-electron chi connectivity index (χ0n) is 22.6. The summed E-state index contributed by atoms with van der Waals surface area (Å²) in [5, 5.41) is 12.7. The molecular formula is C29H27F3N2O7. The van der Waals surface area contributed by atoms with Crippen molar-refractivity contribution in [3.63, 3.8) is 0 Å². The number of carbonyl (C=O) groups excluding carboxylic acids is 1. The van der Waals surface area contributed by atoms with Gasteiger partial charge in [0.25, 0.3) is 0 Å². The normalized spacial score (nSPS) is 10.9. The van der Waals surface area contributed by atoms with Gasteiger partial charge in [-0.1, -0.05) is 0 Å². The third-order valence-corrected chi connectivity index (χ3v) is 6.40. The number of benzene rings is 3. The van der Waals surface area contributed by atoms with Crippen molar-refractivity contribution >= 4 is 22.6 Å². The van der Waals surface area contributed by atoms with E-state index in [-0.39, 0.29) is 35.6 Å². The van der Waals surface area contributed by atoms with Crippen LogP contribution < -0.4 is 25.0 Å². The molecule has 0 aliphatic carbocycles. The molecule has 0 atom stereocenters. The maximum absolute atomic E-state index is 15.2. The molecule has 0 saturated carbocycles. The van der Waals surface area contributed by atoms with Crippen molar-refractivity contribution in [2.75, 3.05) is 33.3 Å². The van der Waals surface area contributed by atoms with Gasteiger partial charge in [0.2, 0.25) is 11.2 Å². The molecule has 2 N–H and O–H groups in total. The summed E-state index contributed by atoms with van der Waals surface area (Å²) >= 11 is 0. The number of rotatable bonds is 10. The van der Waals surface area contributed by atoms with Gasteiger partial charge in [-0.25, -0.2) is 13.6 Å². The summed E-state index contributed by atoms with van der Waals surface area (Å²) in [5.41, 5.74) is -0.963. The van der Waals surface area contributed by atoms with E-state index in [1.807, 2.05) is 0 Å². The van der Waals surface area contributed by atoms with Gasteiger partial charge in [-0.15, -0.1) is 0 Å². The van der Waals surface area contributed by atoms with Crippen LogP contribution in [0.3, 0.4) is 0 Å². The highest BCUT2D eigenvalue weighted by Crippen LogP contribution is 2.34.